The molecule has 3 heterocycles. The Morgan fingerprint density at radius 1 is 1.31 bits per heavy atom. The Kier molecular flexibility index (Phi) is 4.52. The maximum absolute atomic E-state index is 13.9. The zero-order valence-electron chi connectivity index (χ0n) is 15.0. The first-order chi connectivity index (χ1) is 14.0. The Hall–Kier alpha value is -4.06. The fraction of sp³-hybridized carbons (Fsp3) is 0.150. The summed E-state index contributed by atoms with van der Waals surface area (Å²) in [5.74, 6) is -0.951. The van der Waals surface area contributed by atoms with Gasteiger partial charge in [0.25, 0.3) is 5.56 Å². The number of nitrogens with one attached hydrogen (secondary N) is 1. The third-order valence-electron chi connectivity index (χ3n) is 4.71. The molecule has 4 rings (SSSR count). The number of hydrogen-bond donors (Lipinski definition) is 2. The quantitative estimate of drug-likeness (QED) is 0.700. The number of aromatic amines is 1. The molecule has 1 aliphatic heterocycles. The Bertz CT molecular complexity index is 1230. The van der Waals surface area contributed by atoms with Crippen molar-refractivity contribution in [3.63, 3.8) is 0 Å². The molecule has 3 aromatic rings. The lowest BCUT2D eigenvalue weighted by atomic mass is 10.1. The van der Waals surface area contributed by atoms with Crippen LogP contribution in [0, 0.1) is 17.1 Å². The van der Waals surface area contributed by atoms with E-state index in [9.17, 15) is 19.1 Å². The van der Waals surface area contributed by atoms with Crippen LogP contribution in [0.4, 0.5) is 4.39 Å². The number of H-pyrrole nitrogens is 1. The summed E-state index contributed by atoms with van der Waals surface area (Å²) < 4.78 is 13.9. The van der Waals surface area contributed by atoms with Crippen LogP contribution in [-0.2, 0) is 24.3 Å². The third-order valence-corrected chi connectivity index (χ3v) is 4.71. The smallest absolute Gasteiger partial charge is 0.254 e. The zero-order chi connectivity index (χ0) is 20.5. The lowest BCUT2D eigenvalue weighted by molar-refractivity contribution is -0.131. The fourth-order valence-electron chi connectivity index (χ4n) is 3.20. The highest BCUT2D eigenvalue weighted by molar-refractivity contribution is 5.79. The van der Waals surface area contributed by atoms with Crippen molar-refractivity contribution in [1.82, 2.24) is 19.9 Å². The van der Waals surface area contributed by atoms with Gasteiger partial charge in [-0.2, -0.15) is 5.26 Å². The van der Waals surface area contributed by atoms with Crippen LogP contribution >= 0.6 is 0 Å². The van der Waals surface area contributed by atoms with Gasteiger partial charge in [-0.1, -0.05) is 12.1 Å². The molecule has 0 atom stereocenters. The Morgan fingerprint density at radius 3 is 2.83 bits per heavy atom. The van der Waals surface area contributed by atoms with E-state index in [0.29, 0.717) is 12.1 Å². The second kappa shape index (κ2) is 7.16. The normalized spacial score (nSPS) is 12.5. The van der Waals surface area contributed by atoms with Crippen molar-refractivity contribution in [1.29, 1.82) is 5.26 Å². The first kappa shape index (κ1) is 18.3. The summed E-state index contributed by atoms with van der Waals surface area (Å²) in [7, 11) is 0. The van der Waals surface area contributed by atoms with Crippen LogP contribution in [0.2, 0.25) is 0 Å². The van der Waals surface area contributed by atoms with Crippen LogP contribution in [0.15, 0.2) is 41.5 Å². The van der Waals surface area contributed by atoms with Gasteiger partial charge in [0.05, 0.1) is 12.0 Å². The van der Waals surface area contributed by atoms with Crippen LogP contribution in [0.5, 0.6) is 5.75 Å². The van der Waals surface area contributed by atoms with Gasteiger partial charge in [-0.3, -0.25) is 9.59 Å². The molecule has 1 aliphatic rings. The molecule has 2 N–H and O–H groups in total. The number of nitrogens with zero attached hydrogens (tertiary/aromatic N) is 4. The van der Waals surface area contributed by atoms with Crippen molar-refractivity contribution in [3.05, 3.63) is 75.1 Å². The molecule has 0 saturated carbocycles. The van der Waals surface area contributed by atoms with Crippen molar-refractivity contribution < 1.29 is 14.3 Å². The van der Waals surface area contributed by atoms with Crippen molar-refractivity contribution in [2.75, 3.05) is 0 Å². The molecule has 0 aliphatic carbocycles. The van der Waals surface area contributed by atoms with Crippen molar-refractivity contribution in [2.24, 2.45) is 0 Å². The number of hydrogen-bond acceptors (Lipinski definition) is 6. The minimum Gasteiger partial charge on any atom is -0.505 e. The summed E-state index contributed by atoms with van der Waals surface area (Å²) in [6.45, 7) is 0.450. The van der Waals surface area contributed by atoms with Crippen LogP contribution < -0.4 is 5.56 Å². The first-order valence-corrected chi connectivity index (χ1v) is 8.68. The number of aromatic hydroxyl groups is 1. The van der Waals surface area contributed by atoms with Gasteiger partial charge in [-0.25, -0.2) is 14.4 Å². The predicted octanol–water partition coefficient (Wildman–Crippen LogP) is 1.63. The summed E-state index contributed by atoms with van der Waals surface area (Å²) >= 11 is 0. The fourth-order valence-corrected chi connectivity index (χ4v) is 3.20. The number of carbonyl (C=O) groups is 1. The first-order valence-electron chi connectivity index (χ1n) is 8.68. The number of pyridine rings is 1. The molecule has 0 fully saturated rings. The molecule has 1 amide bonds. The molecular weight excluding hydrogens is 377 g/mol. The Balaban J connectivity index is 1.52. The van der Waals surface area contributed by atoms with E-state index >= 15 is 0 Å². The highest BCUT2D eigenvalue weighted by atomic mass is 19.1. The van der Waals surface area contributed by atoms with E-state index in [4.69, 9.17) is 5.26 Å². The van der Waals surface area contributed by atoms with Gasteiger partial charge in [-0.15, -0.1) is 0 Å². The van der Waals surface area contributed by atoms with Gasteiger partial charge >= 0.3 is 0 Å². The molecule has 29 heavy (non-hydrogen) atoms. The van der Waals surface area contributed by atoms with Crippen LogP contribution in [0.25, 0.3) is 11.5 Å². The van der Waals surface area contributed by atoms with Crippen LogP contribution in [0.3, 0.4) is 0 Å². The number of amides is 1. The predicted molar refractivity (Wildman–Crippen MR) is 98.8 cm³/mol. The highest BCUT2D eigenvalue weighted by Gasteiger charge is 2.26. The van der Waals surface area contributed by atoms with Crippen LogP contribution in [-0.4, -0.2) is 30.9 Å². The van der Waals surface area contributed by atoms with Crippen molar-refractivity contribution in [2.45, 2.75) is 19.5 Å². The number of rotatable bonds is 3. The van der Waals surface area contributed by atoms with E-state index in [0.717, 1.165) is 5.56 Å². The second-order valence-corrected chi connectivity index (χ2v) is 6.59. The van der Waals surface area contributed by atoms with Crippen LogP contribution in [0.1, 0.15) is 22.3 Å². The molecule has 0 radical (unpaired) electrons. The number of fused-ring (bicyclic) bond motifs is 1. The minimum atomic E-state index is -0.545. The molecule has 8 nitrogen and oxygen atoms in total. The Labute approximate surface area is 163 Å². The molecule has 0 bridgehead atoms. The molecule has 0 saturated heterocycles. The molecule has 0 unspecified atom stereocenters. The molecule has 2 aromatic heterocycles. The standard InChI is InChI=1S/C20H14FN5O3/c21-15-3-1-2-12-9-26(10-14(12)15)17(28)5-13-8-24-19(25-20(13)29)18-16(27)4-11(6-22)7-23-18/h1-4,7-8,27H,5,9-10H2,(H,24,25,29). The zero-order valence-corrected chi connectivity index (χ0v) is 15.0. The van der Waals surface area contributed by atoms with E-state index in [1.165, 1.54) is 29.4 Å². The summed E-state index contributed by atoms with van der Waals surface area (Å²) in [6, 6.07) is 7.78. The van der Waals surface area contributed by atoms with Gasteiger partial charge in [0.15, 0.2) is 5.82 Å². The molecule has 0 spiro atoms. The number of benzene rings is 1. The topological polar surface area (TPSA) is 123 Å². The minimum absolute atomic E-state index is 0.0174. The number of carbonyl (C=O) groups excluding carboxylic acids is 1. The number of aromatic nitrogens is 3. The lowest BCUT2D eigenvalue weighted by Crippen LogP contribution is -2.29. The largest absolute Gasteiger partial charge is 0.505 e. The second-order valence-electron chi connectivity index (χ2n) is 6.59. The summed E-state index contributed by atoms with van der Waals surface area (Å²) in [5.41, 5.74) is 1.03. The number of nitriles is 1. The van der Waals surface area contributed by atoms with E-state index < -0.39 is 5.56 Å². The van der Waals surface area contributed by atoms with Gasteiger partial charge in [0.1, 0.15) is 23.3 Å². The van der Waals surface area contributed by atoms with Crippen molar-refractivity contribution in [3.8, 4) is 23.3 Å². The maximum atomic E-state index is 13.9. The molecule has 1 aromatic carbocycles. The van der Waals surface area contributed by atoms with Gasteiger partial charge < -0.3 is 15.0 Å². The SMILES string of the molecule is N#Cc1cnc(-c2ncc(CC(=O)N3Cc4cccc(F)c4C3)c(=O)[nH]2)c(O)c1. The van der Waals surface area contributed by atoms with E-state index in [-0.39, 0.29) is 53.1 Å². The summed E-state index contributed by atoms with van der Waals surface area (Å²) in [6.07, 6.45) is 2.30. The van der Waals surface area contributed by atoms with Gasteiger partial charge in [0, 0.05) is 42.7 Å². The average molecular weight is 391 g/mol. The monoisotopic (exact) mass is 391 g/mol. The Morgan fingerprint density at radius 2 is 2.14 bits per heavy atom. The maximum Gasteiger partial charge on any atom is 0.254 e. The van der Waals surface area contributed by atoms with Gasteiger partial charge in [-0.05, 0) is 11.6 Å². The summed E-state index contributed by atoms with van der Waals surface area (Å²) in [4.78, 5) is 36.9. The third kappa shape index (κ3) is 3.43. The lowest BCUT2D eigenvalue weighted by Gasteiger charge is -2.15. The van der Waals surface area contributed by atoms with Gasteiger partial charge in [0.2, 0.25) is 5.91 Å². The van der Waals surface area contributed by atoms with E-state index in [1.54, 1.807) is 12.1 Å². The highest BCUT2D eigenvalue weighted by Crippen LogP contribution is 2.26. The summed E-state index contributed by atoms with van der Waals surface area (Å²) in [5, 5.41) is 18.8. The molecular formula is C20H14FN5O3. The number of halogens is 1. The van der Waals surface area contributed by atoms with E-state index in [1.807, 2.05) is 6.07 Å². The molecule has 144 valence electrons. The van der Waals surface area contributed by atoms with E-state index in [2.05, 4.69) is 15.0 Å². The average Bonchev–Trinajstić information content (AvgIpc) is 3.15. The molecule has 9 heteroatoms. The van der Waals surface area contributed by atoms with Crippen molar-refractivity contribution >= 4 is 5.91 Å².